The van der Waals surface area contributed by atoms with Crippen molar-refractivity contribution >= 4 is 27.8 Å². The topological polar surface area (TPSA) is 3.24 Å². The summed E-state index contributed by atoms with van der Waals surface area (Å²) in [5.74, 6) is 0. The van der Waals surface area contributed by atoms with Gasteiger partial charge in [0, 0.05) is 22.5 Å². The van der Waals surface area contributed by atoms with Crippen molar-refractivity contribution in [3.05, 3.63) is 284 Å². The molecule has 0 aliphatic heterocycles. The van der Waals surface area contributed by atoms with E-state index in [0.717, 1.165) is 17.1 Å². The van der Waals surface area contributed by atoms with Gasteiger partial charge in [0.25, 0.3) is 0 Å². The molecule has 1 unspecified atom stereocenters. The highest BCUT2D eigenvalue weighted by Crippen LogP contribution is 2.55. The lowest BCUT2D eigenvalue weighted by molar-refractivity contribution is 0.714. The third kappa shape index (κ3) is 7.13. The van der Waals surface area contributed by atoms with E-state index in [2.05, 4.69) is 279 Å². The molecular formula is C66H47N. The molecule has 12 rings (SSSR count). The highest BCUT2D eigenvalue weighted by molar-refractivity contribution is 5.97. The molecule has 0 spiro atoms. The quantitative estimate of drug-likeness (QED) is 0.140. The minimum Gasteiger partial charge on any atom is -0.310 e. The van der Waals surface area contributed by atoms with Gasteiger partial charge >= 0.3 is 0 Å². The van der Waals surface area contributed by atoms with E-state index < -0.39 is 0 Å². The Morgan fingerprint density at radius 1 is 0.284 bits per heavy atom. The second kappa shape index (κ2) is 16.8. The summed E-state index contributed by atoms with van der Waals surface area (Å²) in [6.45, 7) is 2.39. The molecule has 67 heavy (non-hydrogen) atoms. The van der Waals surface area contributed by atoms with E-state index in [-0.39, 0.29) is 5.41 Å². The molecule has 0 heterocycles. The predicted octanol–water partition coefficient (Wildman–Crippen LogP) is 18.0. The van der Waals surface area contributed by atoms with Crippen LogP contribution in [0.5, 0.6) is 0 Å². The molecule has 0 fully saturated rings. The molecule has 0 saturated heterocycles. The van der Waals surface area contributed by atoms with Crippen LogP contribution in [0.4, 0.5) is 17.1 Å². The third-order valence-electron chi connectivity index (χ3n) is 14.0. The van der Waals surface area contributed by atoms with E-state index in [1.807, 2.05) is 0 Å². The summed E-state index contributed by atoms with van der Waals surface area (Å²) in [5.41, 5.74) is 21.7. The average molecular weight is 854 g/mol. The first-order chi connectivity index (χ1) is 33.1. The Bertz CT molecular complexity index is 3530. The van der Waals surface area contributed by atoms with Gasteiger partial charge in [-0.1, -0.05) is 231 Å². The van der Waals surface area contributed by atoms with Gasteiger partial charge in [-0.05, 0) is 138 Å². The molecule has 11 aromatic rings. The van der Waals surface area contributed by atoms with E-state index in [1.54, 1.807) is 0 Å². The molecule has 0 N–H and O–H groups in total. The van der Waals surface area contributed by atoms with Crippen LogP contribution in [0.15, 0.2) is 267 Å². The SMILES string of the molecule is CC1(c2ccccc2)c2ccccc2-c2c(-c3ccc(N(c4ccc(-c5ccc(-c6cccc7ccccc67)cc5)cc4)c4cccc(-c5ccc(-c6ccccc6)cc5)c4)cc3)cccc21. The van der Waals surface area contributed by atoms with E-state index in [4.69, 9.17) is 0 Å². The molecule has 316 valence electrons. The first-order valence-corrected chi connectivity index (χ1v) is 23.2. The maximum atomic E-state index is 2.39. The van der Waals surface area contributed by atoms with Crippen LogP contribution in [0.1, 0.15) is 23.6 Å². The molecule has 0 radical (unpaired) electrons. The second-order valence-corrected chi connectivity index (χ2v) is 17.8. The van der Waals surface area contributed by atoms with Crippen molar-refractivity contribution in [2.75, 3.05) is 4.90 Å². The van der Waals surface area contributed by atoms with Crippen molar-refractivity contribution in [3.8, 4) is 66.8 Å². The standard InChI is InChI=1S/C66H47N/c1-66(55-20-6-3-7-21-55)63-27-11-10-24-62(63)65-61(26-14-28-64(65)66)53-39-43-57(44-40-53)67(58-22-12-19-54(45-58)50-31-29-47(30-32-50)46-15-4-2-5-16-46)56-41-37-49(38-42-56)48-33-35-52(36-34-48)60-25-13-18-51-17-8-9-23-59(51)60/h2-45H,1H3. The molecule has 1 aliphatic carbocycles. The summed E-state index contributed by atoms with van der Waals surface area (Å²) in [7, 11) is 0. The lowest BCUT2D eigenvalue weighted by Crippen LogP contribution is -2.22. The molecule has 0 amide bonds. The fraction of sp³-hybridized carbons (Fsp3) is 0.0303. The van der Waals surface area contributed by atoms with E-state index in [0.29, 0.717) is 0 Å². The first kappa shape index (κ1) is 40.0. The van der Waals surface area contributed by atoms with Gasteiger partial charge < -0.3 is 4.90 Å². The predicted molar refractivity (Wildman–Crippen MR) is 283 cm³/mol. The Hall–Kier alpha value is -8.52. The van der Waals surface area contributed by atoms with Gasteiger partial charge in [-0.25, -0.2) is 0 Å². The van der Waals surface area contributed by atoms with Gasteiger partial charge in [0.2, 0.25) is 0 Å². The van der Waals surface area contributed by atoms with E-state index in [9.17, 15) is 0 Å². The third-order valence-corrected chi connectivity index (χ3v) is 14.0. The Morgan fingerprint density at radius 3 is 1.42 bits per heavy atom. The van der Waals surface area contributed by atoms with Crippen molar-refractivity contribution in [1.82, 2.24) is 0 Å². The van der Waals surface area contributed by atoms with Crippen LogP contribution in [0, 0.1) is 0 Å². The van der Waals surface area contributed by atoms with Crippen LogP contribution < -0.4 is 4.90 Å². The minimum atomic E-state index is -0.252. The Kier molecular flexibility index (Phi) is 10.0. The lowest BCUT2D eigenvalue weighted by Gasteiger charge is -2.28. The first-order valence-electron chi connectivity index (χ1n) is 23.2. The van der Waals surface area contributed by atoms with Crippen LogP contribution >= 0.6 is 0 Å². The Balaban J connectivity index is 0.917. The van der Waals surface area contributed by atoms with Gasteiger partial charge in [0.05, 0.1) is 0 Å². The van der Waals surface area contributed by atoms with Gasteiger partial charge in [0.15, 0.2) is 0 Å². The van der Waals surface area contributed by atoms with Crippen LogP contribution in [0.2, 0.25) is 0 Å². The fourth-order valence-electron chi connectivity index (χ4n) is 10.5. The normalized spacial score (nSPS) is 13.8. The van der Waals surface area contributed by atoms with Crippen molar-refractivity contribution in [2.24, 2.45) is 0 Å². The van der Waals surface area contributed by atoms with Gasteiger partial charge in [-0.3, -0.25) is 0 Å². The van der Waals surface area contributed by atoms with Crippen molar-refractivity contribution in [1.29, 1.82) is 0 Å². The van der Waals surface area contributed by atoms with Crippen molar-refractivity contribution in [3.63, 3.8) is 0 Å². The number of fused-ring (bicyclic) bond motifs is 4. The second-order valence-electron chi connectivity index (χ2n) is 17.8. The zero-order chi connectivity index (χ0) is 44.7. The molecule has 0 aromatic heterocycles. The van der Waals surface area contributed by atoms with Crippen molar-refractivity contribution in [2.45, 2.75) is 12.3 Å². The van der Waals surface area contributed by atoms with E-state index in [1.165, 1.54) is 94.2 Å². The number of benzene rings is 11. The molecule has 1 heteroatoms. The molecule has 1 atom stereocenters. The van der Waals surface area contributed by atoms with Crippen molar-refractivity contribution < 1.29 is 0 Å². The summed E-state index contributed by atoms with van der Waals surface area (Å²) in [5, 5.41) is 2.53. The maximum Gasteiger partial charge on any atom is 0.0467 e. The number of nitrogens with zero attached hydrogens (tertiary/aromatic N) is 1. The smallest absolute Gasteiger partial charge is 0.0467 e. The lowest BCUT2D eigenvalue weighted by atomic mass is 9.74. The maximum absolute atomic E-state index is 2.39. The van der Waals surface area contributed by atoms with E-state index >= 15 is 0 Å². The zero-order valence-electron chi connectivity index (χ0n) is 37.4. The highest BCUT2D eigenvalue weighted by atomic mass is 15.1. The fourth-order valence-corrected chi connectivity index (χ4v) is 10.5. The largest absolute Gasteiger partial charge is 0.310 e. The summed E-state index contributed by atoms with van der Waals surface area (Å²) in [6.07, 6.45) is 0. The number of rotatable bonds is 9. The molecule has 0 bridgehead atoms. The minimum absolute atomic E-state index is 0.252. The van der Waals surface area contributed by atoms with Gasteiger partial charge in [0.1, 0.15) is 0 Å². The van der Waals surface area contributed by atoms with Crippen LogP contribution in [0.3, 0.4) is 0 Å². The molecule has 1 aliphatic rings. The van der Waals surface area contributed by atoms with Gasteiger partial charge in [-0.2, -0.15) is 0 Å². The Labute approximate surface area is 393 Å². The zero-order valence-corrected chi connectivity index (χ0v) is 37.4. The summed E-state index contributed by atoms with van der Waals surface area (Å²) >= 11 is 0. The molecule has 11 aromatic carbocycles. The summed E-state index contributed by atoms with van der Waals surface area (Å²) in [4.78, 5) is 2.39. The summed E-state index contributed by atoms with van der Waals surface area (Å²) in [6, 6.07) is 97.6. The molecule has 1 nitrogen and oxygen atoms in total. The van der Waals surface area contributed by atoms with Crippen LogP contribution in [0.25, 0.3) is 77.5 Å². The number of hydrogen-bond acceptors (Lipinski definition) is 1. The van der Waals surface area contributed by atoms with Gasteiger partial charge in [-0.15, -0.1) is 0 Å². The van der Waals surface area contributed by atoms with Crippen LogP contribution in [-0.4, -0.2) is 0 Å². The highest BCUT2D eigenvalue weighted by Gasteiger charge is 2.41. The molecule has 0 saturated carbocycles. The summed E-state index contributed by atoms with van der Waals surface area (Å²) < 4.78 is 0. The Morgan fingerprint density at radius 2 is 0.716 bits per heavy atom. The van der Waals surface area contributed by atoms with Crippen LogP contribution in [-0.2, 0) is 5.41 Å². The number of anilines is 3. The monoisotopic (exact) mass is 853 g/mol. The average Bonchev–Trinajstić information content (AvgIpc) is 3.68. The number of hydrogen-bond donors (Lipinski definition) is 0. The molecular weight excluding hydrogens is 807 g/mol.